The van der Waals surface area contributed by atoms with Crippen LogP contribution >= 0.6 is 0 Å². The summed E-state index contributed by atoms with van der Waals surface area (Å²) in [6.45, 7) is 2.63. The lowest BCUT2D eigenvalue weighted by atomic mass is 10.1. The van der Waals surface area contributed by atoms with Crippen molar-refractivity contribution < 1.29 is 18.7 Å². The zero-order chi connectivity index (χ0) is 16.7. The van der Waals surface area contributed by atoms with Gasteiger partial charge in [-0.15, -0.1) is 0 Å². The van der Waals surface area contributed by atoms with E-state index >= 15 is 0 Å². The van der Waals surface area contributed by atoms with Gasteiger partial charge in [0.15, 0.2) is 11.6 Å². The molecule has 0 radical (unpaired) electrons. The van der Waals surface area contributed by atoms with Crippen LogP contribution in [0.4, 0.5) is 4.39 Å². The molecule has 0 spiro atoms. The summed E-state index contributed by atoms with van der Waals surface area (Å²) in [5, 5.41) is 2.78. The van der Waals surface area contributed by atoms with Gasteiger partial charge in [-0.25, -0.2) is 4.39 Å². The van der Waals surface area contributed by atoms with E-state index in [2.05, 4.69) is 5.32 Å². The SMILES string of the molecule is CCOc1ccc(C(=O)NCCc2ccc(OC)cc2)cc1F. The molecule has 1 amide bonds. The average Bonchev–Trinajstić information content (AvgIpc) is 2.57. The van der Waals surface area contributed by atoms with Gasteiger partial charge in [0, 0.05) is 12.1 Å². The lowest BCUT2D eigenvalue weighted by Gasteiger charge is -2.08. The van der Waals surface area contributed by atoms with Gasteiger partial charge in [0.1, 0.15) is 5.75 Å². The number of hydrogen-bond acceptors (Lipinski definition) is 3. The zero-order valence-electron chi connectivity index (χ0n) is 13.3. The predicted molar refractivity (Wildman–Crippen MR) is 86.6 cm³/mol. The van der Waals surface area contributed by atoms with E-state index in [9.17, 15) is 9.18 Å². The maximum atomic E-state index is 13.7. The number of methoxy groups -OCH3 is 1. The molecule has 0 aliphatic carbocycles. The molecule has 23 heavy (non-hydrogen) atoms. The van der Waals surface area contributed by atoms with Gasteiger partial charge in [-0.2, -0.15) is 0 Å². The van der Waals surface area contributed by atoms with Gasteiger partial charge in [-0.05, 0) is 49.2 Å². The number of nitrogens with one attached hydrogen (secondary N) is 1. The number of hydrogen-bond donors (Lipinski definition) is 1. The van der Waals surface area contributed by atoms with E-state index in [-0.39, 0.29) is 17.2 Å². The molecule has 4 nitrogen and oxygen atoms in total. The molecule has 5 heteroatoms. The Labute approximate surface area is 135 Å². The van der Waals surface area contributed by atoms with Crippen molar-refractivity contribution in [2.45, 2.75) is 13.3 Å². The molecule has 1 N–H and O–H groups in total. The van der Waals surface area contributed by atoms with Crippen molar-refractivity contribution in [3.63, 3.8) is 0 Å². The van der Waals surface area contributed by atoms with Crippen LogP contribution in [-0.4, -0.2) is 26.2 Å². The molecule has 2 aromatic rings. The Morgan fingerprint density at radius 2 is 1.91 bits per heavy atom. The number of benzene rings is 2. The Morgan fingerprint density at radius 3 is 2.52 bits per heavy atom. The maximum absolute atomic E-state index is 13.7. The monoisotopic (exact) mass is 317 g/mol. The van der Waals surface area contributed by atoms with Gasteiger partial charge in [0.2, 0.25) is 0 Å². The van der Waals surface area contributed by atoms with Gasteiger partial charge in [-0.3, -0.25) is 4.79 Å². The first-order valence-electron chi connectivity index (χ1n) is 7.47. The minimum absolute atomic E-state index is 0.155. The van der Waals surface area contributed by atoms with Crippen LogP contribution < -0.4 is 14.8 Å². The van der Waals surface area contributed by atoms with E-state index in [0.29, 0.717) is 19.6 Å². The third-order valence-corrected chi connectivity index (χ3v) is 3.35. The lowest BCUT2D eigenvalue weighted by molar-refractivity contribution is 0.0953. The first-order valence-corrected chi connectivity index (χ1v) is 7.47. The molecule has 0 aromatic heterocycles. The molecular weight excluding hydrogens is 297 g/mol. The number of carbonyl (C=O) groups excluding carboxylic acids is 1. The van der Waals surface area contributed by atoms with Crippen molar-refractivity contribution in [2.75, 3.05) is 20.3 Å². The van der Waals surface area contributed by atoms with E-state index in [1.54, 1.807) is 20.1 Å². The van der Waals surface area contributed by atoms with Crippen LogP contribution in [0.25, 0.3) is 0 Å². The summed E-state index contributed by atoms with van der Waals surface area (Å²) in [5.41, 5.74) is 1.37. The first kappa shape index (κ1) is 16.8. The molecule has 0 aliphatic heterocycles. The van der Waals surface area contributed by atoms with Crippen LogP contribution in [0, 0.1) is 5.82 Å². The van der Waals surface area contributed by atoms with E-state index in [1.165, 1.54) is 12.1 Å². The number of carbonyl (C=O) groups is 1. The summed E-state index contributed by atoms with van der Waals surface area (Å²) >= 11 is 0. The van der Waals surface area contributed by atoms with Crippen LogP contribution in [0.2, 0.25) is 0 Å². The Hall–Kier alpha value is -2.56. The van der Waals surface area contributed by atoms with Crippen molar-refractivity contribution in [3.8, 4) is 11.5 Å². The second-order valence-corrected chi connectivity index (χ2v) is 4.93. The van der Waals surface area contributed by atoms with Crippen molar-refractivity contribution in [2.24, 2.45) is 0 Å². The highest BCUT2D eigenvalue weighted by molar-refractivity contribution is 5.94. The third kappa shape index (κ3) is 4.71. The highest BCUT2D eigenvalue weighted by atomic mass is 19.1. The summed E-state index contributed by atoms with van der Waals surface area (Å²) in [6, 6.07) is 11.8. The topological polar surface area (TPSA) is 47.6 Å². The van der Waals surface area contributed by atoms with Gasteiger partial charge in [0.05, 0.1) is 13.7 Å². The minimum Gasteiger partial charge on any atom is -0.497 e. The van der Waals surface area contributed by atoms with Crippen molar-refractivity contribution in [1.29, 1.82) is 0 Å². The minimum atomic E-state index is -0.533. The van der Waals surface area contributed by atoms with E-state index in [4.69, 9.17) is 9.47 Å². The number of amides is 1. The molecule has 122 valence electrons. The van der Waals surface area contributed by atoms with Gasteiger partial charge in [-0.1, -0.05) is 12.1 Å². The van der Waals surface area contributed by atoms with Crippen LogP contribution in [0.15, 0.2) is 42.5 Å². The van der Waals surface area contributed by atoms with Crippen LogP contribution in [0.1, 0.15) is 22.8 Å². The molecule has 2 aromatic carbocycles. The molecule has 0 heterocycles. The van der Waals surface area contributed by atoms with E-state index in [1.807, 2.05) is 24.3 Å². The van der Waals surface area contributed by atoms with E-state index in [0.717, 1.165) is 11.3 Å². The van der Waals surface area contributed by atoms with Gasteiger partial charge < -0.3 is 14.8 Å². The molecule has 0 aliphatic rings. The lowest BCUT2D eigenvalue weighted by Crippen LogP contribution is -2.25. The van der Waals surface area contributed by atoms with Gasteiger partial charge >= 0.3 is 0 Å². The van der Waals surface area contributed by atoms with E-state index < -0.39 is 5.82 Å². The molecule has 0 atom stereocenters. The second kappa shape index (κ2) is 8.17. The van der Waals surface area contributed by atoms with Crippen molar-refractivity contribution in [1.82, 2.24) is 5.32 Å². The number of rotatable bonds is 7. The predicted octanol–water partition coefficient (Wildman–Crippen LogP) is 3.21. The smallest absolute Gasteiger partial charge is 0.251 e. The highest BCUT2D eigenvalue weighted by Gasteiger charge is 2.10. The molecule has 0 saturated carbocycles. The Morgan fingerprint density at radius 1 is 1.17 bits per heavy atom. The molecule has 0 saturated heterocycles. The fourth-order valence-corrected chi connectivity index (χ4v) is 2.13. The Bertz CT molecular complexity index is 656. The number of halogens is 1. The summed E-state index contributed by atoms with van der Waals surface area (Å²) in [7, 11) is 1.62. The maximum Gasteiger partial charge on any atom is 0.251 e. The molecule has 0 bridgehead atoms. The summed E-state index contributed by atoms with van der Waals surface area (Å²) in [6.07, 6.45) is 0.690. The number of ether oxygens (including phenoxy) is 2. The molecule has 2 rings (SSSR count). The zero-order valence-corrected chi connectivity index (χ0v) is 13.3. The summed E-state index contributed by atoms with van der Waals surface area (Å²) in [4.78, 5) is 12.0. The van der Waals surface area contributed by atoms with Crippen LogP contribution in [0.5, 0.6) is 11.5 Å². The highest BCUT2D eigenvalue weighted by Crippen LogP contribution is 2.18. The standard InChI is InChI=1S/C18H20FNO3/c1-3-23-17-9-6-14(12-16(17)19)18(21)20-11-10-13-4-7-15(22-2)8-5-13/h4-9,12H,3,10-11H2,1-2H3,(H,20,21). The Kier molecular flexibility index (Phi) is 5.97. The summed E-state index contributed by atoms with van der Waals surface area (Å²) in [5.74, 6) is 0.111. The van der Waals surface area contributed by atoms with Gasteiger partial charge in [0.25, 0.3) is 5.91 Å². The normalized spacial score (nSPS) is 10.2. The average molecular weight is 317 g/mol. The molecular formula is C18H20FNO3. The van der Waals surface area contributed by atoms with Crippen LogP contribution in [-0.2, 0) is 6.42 Å². The largest absolute Gasteiger partial charge is 0.497 e. The molecule has 0 unspecified atom stereocenters. The fraction of sp³-hybridized carbons (Fsp3) is 0.278. The van der Waals surface area contributed by atoms with Crippen molar-refractivity contribution >= 4 is 5.91 Å². The first-order chi connectivity index (χ1) is 11.1. The summed E-state index contributed by atoms with van der Waals surface area (Å²) < 4.78 is 23.9. The fourth-order valence-electron chi connectivity index (χ4n) is 2.13. The van der Waals surface area contributed by atoms with Crippen LogP contribution in [0.3, 0.4) is 0 Å². The van der Waals surface area contributed by atoms with Crippen molar-refractivity contribution in [3.05, 3.63) is 59.4 Å². The second-order valence-electron chi connectivity index (χ2n) is 4.93. The Balaban J connectivity index is 1.87. The third-order valence-electron chi connectivity index (χ3n) is 3.35. The molecule has 0 fully saturated rings. The quantitative estimate of drug-likeness (QED) is 0.853.